The van der Waals surface area contributed by atoms with Gasteiger partial charge in [-0.1, -0.05) is 43.2 Å². The topological polar surface area (TPSA) is 78.9 Å². The first-order chi connectivity index (χ1) is 15.5. The van der Waals surface area contributed by atoms with Crippen molar-refractivity contribution in [3.63, 3.8) is 0 Å². The largest absolute Gasteiger partial charge is 0.508 e. The Morgan fingerprint density at radius 1 is 1.06 bits per heavy atom. The van der Waals surface area contributed by atoms with Gasteiger partial charge in [0.05, 0.1) is 0 Å². The van der Waals surface area contributed by atoms with Gasteiger partial charge in [0.25, 0.3) is 0 Å². The van der Waals surface area contributed by atoms with Gasteiger partial charge >= 0.3 is 6.09 Å². The van der Waals surface area contributed by atoms with E-state index in [0.29, 0.717) is 44.1 Å². The standard InChI is InChI=1S/C26H32N2O4/c1-18-16-19(10-11-23(18)29)17-27-25(30)21-12-14-28(15-13-21)26(31)32-24-9-5-4-8-22(24)20-6-2-3-7-20/h4-5,8-11,16,20-21,29H,2-3,6-7,12-15,17H2,1H3,(H,27,30). The maximum Gasteiger partial charge on any atom is 0.415 e. The summed E-state index contributed by atoms with van der Waals surface area (Å²) < 4.78 is 5.79. The molecule has 1 heterocycles. The number of aryl methyl sites for hydroxylation is 1. The number of nitrogens with one attached hydrogen (secondary N) is 1. The summed E-state index contributed by atoms with van der Waals surface area (Å²) in [6.45, 7) is 3.30. The molecule has 0 aromatic heterocycles. The molecule has 0 unspecified atom stereocenters. The van der Waals surface area contributed by atoms with Gasteiger partial charge in [0.1, 0.15) is 11.5 Å². The molecule has 170 valence electrons. The van der Waals surface area contributed by atoms with Crippen molar-refractivity contribution in [3.8, 4) is 11.5 Å². The summed E-state index contributed by atoms with van der Waals surface area (Å²) >= 11 is 0. The summed E-state index contributed by atoms with van der Waals surface area (Å²) in [5, 5.41) is 12.6. The number of phenolic OH excluding ortho intramolecular Hbond substituents is 1. The number of para-hydroxylation sites is 1. The van der Waals surface area contributed by atoms with Gasteiger partial charge in [-0.2, -0.15) is 0 Å². The first-order valence-corrected chi connectivity index (χ1v) is 11.6. The van der Waals surface area contributed by atoms with E-state index in [4.69, 9.17) is 4.74 Å². The molecule has 6 heteroatoms. The van der Waals surface area contributed by atoms with E-state index < -0.39 is 0 Å². The molecule has 1 saturated carbocycles. The van der Waals surface area contributed by atoms with Gasteiger partial charge in [0.2, 0.25) is 5.91 Å². The number of piperidine rings is 1. The molecule has 2 fully saturated rings. The van der Waals surface area contributed by atoms with Crippen LogP contribution in [0.15, 0.2) is 42.5 Å². The van der Waals surface area contributed by atoms with E-state index >= 15 is 0 Å². The van der Waals surface area contributed by atoms with E-state index in [9.17, 15) is 14.7 Å². The summed E-state index contributed by atoms with van der Waals surface area (Å²) in [7, 11) is 0. The van der Waals surface area contributed by atoms with Gasteiger partial charge in [-0.3, -0.25) is 4.79 Å². The van der Waals surface area contributed by atoms with Crippen LogP contribution in [0.1, 0.15) is 61.1 Å². The van der Waals surface area contributed by atoms with E-state index in [-0.39, 0.29) is 23.7 Å². The zero-order valence-electron chi connectivity index (χ0n) is 18.7. The maximum absolute atomic E-state index is 12.8. The van der Waals surface area contributed by atoms with Crippen molar-refractivity contribution in [2.24, 2.45) is 5.92 Å². The number of likely N-dealkylation sites (tertiary alicyclic amines) is 1. The fourth-order valence-electron chi connectivity index (χ4n) is 4.79. The fourth-order valence-corrected chi connectivity index (χ4v) is 4.79. The molecule has 6 nitrogen and oxygen atoms in total. The lowest BCUT2D eigenvalue weighted by molar-refractivity contribution is -0.126. The lowest BCUT2D eigenvalue weighted by atomic mass is 9.96. The van der Waals surface area contributed by atoms with Gasteiger partial charge in [-0.25, -0.2) is 4.79 Å². The van der Waals surface area contributed by atoms with E-state index in [1.165, 1.54) is 12.8 Å². The average Bonchev–Trinajstić information content (AvgIpc) is 3.35. The Bertz CT molecular complexity index is 960. The van der Waals surface area contributed by atoms with Crippen LogP contribution in [0, 0.1) is 12.8 Å². The SMILES string of the molecule is Cc1cc(CNC(=O)C2CCN(C(=O)Oc3ccccc3C3CCCC3)CC2)ccc1O. The van der Waals surface area contributed by atoms with Crippen molar-refractivity contribution in [1.82, 2.24) is 10.2 Å². The molecule has 2 N–H and O–H groups in total. The molecule has 2 amide bonds. The van der Waals surface area contributed by atoms with Crippen LogP contribution < -0.4 is 10.1 Å². The minimum absolute atomic E-state index is 0.00956. The first kappa shape index (κ1) is 22.2. The predicted molar refractivity (Wildman–Crippen MR) is 123 cm³/mol. The normalized spacial score (nSPS) is 17.3. The lowest BCUT2D eigenvalue weighted by Crippen LogP contribution is -2.44. The maximum atomic E-state index is 12.8. The van der Waals surface area contributed by atoms with Gasteiger partial charge in [-0.15, -0.1) is 0 Å². The lowest BCUT2D eigenvalue weighted by Gasteiger charge is -2.31. The third-order valence-corrected chi connectivity index (χ3v) is 6.76. The Kier molecular flexibility index (Phi) is 6.98. The zero-order chi connectivity index (χ0) is 22.5. The molecule has 0 radical (unpaired) electrons. The number of phenols is 1. The molecular formula is C26H32N2O4. The second kappa shape index (κ2) is 10.1. The number of amides is 2. The van der Waals surface area contributed by atoms with Gasteiger partial charge in [0.15, 0.2) is 0 Å². The number of carbonyl (C=O) groups excluding carboxylic acids is 2. The number of aromatic hydroxyl groups is 1. The van der Waals surface area contributed by atoms with Crippen LogP contribution in [-0.2, 0) is 11.3 Å². The van der Waals surface area contributed by atoms with Crippen molar-refractivity contribution in [1.29, 1.82) is 0 Å². The van der Waals surface area contributed by atoms with E-state index in [0.717, 1.165) is 29.5 Å². The van der Waals surface area contributed by atoms with Crippen molar-refractivity contribution >= 4 is 12.0 Å². The first-order valence-electron chi connectivity index (χ1n) is 11.6. The molecule has 1 aliphatic carbocycles. The third-order valence-electron chi connectivity index (χ3n) is 6.76. The summed E-state index contributed by atoms with van der Waals surface area (Å²) in [6, 6.07) is 13.2. The number of benzene rings is 2. The molecule has 2 aliphatic rings. The Balaban J connectivity index is 1.26. The molecule has 1 aliphatic heterocycles. The molecule has 1 saturated heterocycles. The molecule has 0 atom stereocenters. The number of hydrogen-bond acceptors (Lipinski definition) is 4. The summed E-state index contributed by atoms with van der Waals surface area (Å²) in [4.78, 5) is 27.1. The molecule has 0 bridgehead atoms. The van der Waals surface area contributed by atoms with Crippen LogP contribution in [0.5, 0.6) is 11.5 Å². The number of nitrogens with zero attached hydrogens (tertiary/aromatic N) is 1. The summed E-state index contributed by atoms with van der Waals surface area (Å²) in [6.07, 6.45) is 5.69. The highest BCUT2D eigenvalue weighted by Crippen LogP contribution is 2.38. The van der Waals surface area contributed by atoms with Crippen LogP contribution in [0.25, 0.3) is 0 Å². The molecule has 32 heavy (non-hydrogen) atoms. The van der Waals surface area contributed by atoms with Gasteiger partial charge < -0.3 is 20.1 Å². The van der Waals surface area contributed by atoms with Crippen molar-refractivity contribution in [2.45, 2.75) is 57.9 Å². The van der Waals surface area contributed by atoms with Crippen molar-refractivity contribution < 1.29 is 19.4 Å². The minimum atomic E-state index is -0.325. The monoisotopic (exact) mass is 436 g/mol. The molecule has 2 aromatic carbocycles. The number of hydrogen-bond donors (Lipinski definition) is 2. The molecule has 4 rings (SSSR count). The fraction of sp³-hybridized carbons (Fsp3) is 0.462. The Morgan fingerprint density at radius 3 is 2.50 bits per heavy atom. The average molecular weight is 437 g/mol. The van der Waals surface area contributed by atoms with E-state index in [1.54, 1.807) is 11.0 Å². The van der Waals surface area contributed by atoms with Gasteiger partial charge in [-0.05, 0) is 67.3 Å². The molecule has 0 spiro atoms. The quantitative estimate of drug-likeness (QED) is 0.700. The molecule has 2 aromatic rings. The number of ether oxygens (including phenoxy) is 1. The van der Waals surface area contributed by atoms with Crippen LogP contribution in [-0.4, -0.2) is 35.1 Å². The van der Waals surface area contributed by atoms with Crippen LogP contribution in [0.3, 0.4) is 0 Å². The van der Waals surface area contributed by atoms with Crippen molar-refractivity contribution in [3.05, 3.63) is 59.2 Å². The van der Waals surface area contributed by atoms with Crippen LogP contribution >= 0.6 is 0 Å². The molecular weight excluding hydrogens is 404 g/mol. The highest BCUT2D eigenvalue weighted by molar-refractivity contribution is 5.79. The summed E-state index contributed by atoms with van der Waals surface area (Å²) in [5.74, 6) is 1.31. The Labute approximate surface area is 189 Å². The summed E-state index contributed by atoms with van der Waals surface area (Å²) in [5.41, 5.74) is 2.88. The highest BCUT2D eigenvalue weighted by Gasteiger charge is 2.29. The van der Waals surface area contributed by atoms with Crippen LogP contribution in [0.2, 0.25) is 0 Å². The minimum Gasteiger partial charge on any atom is -0.508 e. The second-order valence-corrected chi connectivity index (χ2v) is 8.99. The van der Waals surface area contributed by atoms with Crippen LogP contribution in [0.4, 0.5) is 4.79 Å². The van der Waals surface area contributed by atoms with Gasteiger partial charge in [0, 0.05) is 25.6 Å². The van der Waals surface area contributed by atoms with E-state index in [2.05, 4.69) is 11.4 Å². The Morgan fingerprint density at radius 2 is 1.78 bits per heavy atom. The second-order valence-electron chi connectivity index (χ2n) is 8.99. The smallest absolute Gasteiger partial charge is 0.415 e. The highest BCUT2D eigenvalue weighted by atomic mass is 16.6. The number of carbonyl (C=O) groups is 2. The van der Waals surface area contributed by atoms with E-state index in [1.807, 2.05) is 37.3 Å². The Hall–Kier alpha value is -3.02. The predicted octanol–water partition coefficient (Wildman–Crippen LogP) is 4.89. The zero-order valence-corrected chi connectivity index (χ0v) is 18.7. The number of rotatable bonds is 5. The third kappa shape index (κ3) is 5.23. The van der Waals surface area contributed by atoms with Crippen molar-refractivity contribution in [2.75, 3.05) is 13.1 Å².